The zero-order valence-corrected chi connectivity index (χ0v) is 15.5. The summed E-state index contributed by atoms with van der Waals surface area (Å²) in [6.45, 7) is 2.72. The molecular weight excluding hydrogens is 354 g/mol. The summed E-state index contributed by atoms with van der Waals surface area (Å²) >= 11 is 3.25. The molecule has 0 fully saturated rings. The van der Waals surface area contributed by atoms with Gasteiger partial charge in [-0.1, -0.05) is 25.1 Å². The highest BCUT2D eigenvalue weighted by molar-refractivity contribution is 7.99. The number of thiophene rings is 1. The van der Waals surface area contributed by atoms with Crippen molar-refractivity contribution in [1.82, 2.24) is 25.5 Å². The standard InChI is InChI=1S/C17H19N5OS2/c1-2-14-8-9-15(25-14)10-18-17(23)12-24-11-16-19-20-21-22(16)13-6-4-3-5-7-13/h3-9H,2,10-12H2,1H3,(H,18,23). The molecule has 1 N–H and O–H groups in total. The molecule has 0 bridgehead atoms. The van der Waals surface area contributed by atoms with Crippen LogP contribution in [0.3, 0.4) is 0 Å². The van der Waals surface area contributed by atoms with E-state index in [-0.39, 0.29) is 5.91 Å². The van der Waals surface area contributed by atoms with Gasteiger partial charge in [-0.15, -0.1) is 28.2 Å². The maximum Gasteiger partial charge on any atom is 0.230 e. The SMILES string of the molecule is CCc1ccc(CNC(=O)CSCc2nnnn2-c2ccccc2)s1. The van der Waals surface area contributed by atoms with E-state index in [2.05, 4.69) is 39.9 Å². The average molecular weight is 374 g/mol. The Morgan fingerprint density at radius 2 is 2.00 bits per heavy atom. The van der Waals surface area contributed by atoms with Gasteiger partial charge in [-0.25, -0.2) is 0 Å². The molecule has 0 aliphatic rings. The number of rotatable bonds is 8. The van der Waals surface area contributed by atoms with Gasteiger partial charge in [0, 0.05) is 9.75 Å². The summed E-state index contributed by atoms with van der Waals surface area (Å²) in [5.74, 6) is 1.71. The number of para-hydroxylation sites is 1. The van der Waals surface area contributed by atoms with Gasteiger partial charge >= 0.3 is 0 Å². The Morgan fingerprint density at radius 3 is 2.76 bits per heavy atom. The minimum atomic E-state index is 0.0233. The summed E-state index contributed by atoms with van der Waals surface area (Å²) in [5.41, 5.74) is 0.914. The number of carbonyl (C=O) groups excluding carboxylic acids is 1. The third-order valence-corrected chi connectivity index (χ3v) is 5.68. The smallest absolute Gasteiger partial charge is 0.230 e. The van der Waals surface area contributed by atoms with Crippen LogP contribution in [0.25, 0.3) is 5.69 Å². The highest BCUT2D eigenvalue weighted by Crippen LogP contribution is 2.17. The van der Waals surface area contributed by atoms with Crippen LogP contribution >= 0.6 is 23.1 Å². The number of hydrogen-bond acceptors (Lipinski definition) is 6. The summed E-state index contributed by atoms with van der Waals surface area (Å²) in [7, 11) is 0. The Hall–Kier alpha value is -2.19. The van der Waals surface area contributed by atoms with E-state index >= 15 is 0 Å². The van der Waals surface area contributed by atoms with Gasteiger partial charge in [0.05, 0.1) is 23.7 Å². The van der Waals surface area contributed by atoms with E-state index in [4.69, 9.17) is 0 Å². The predicted octanol–water partition coefficient (Wildman–Crippen LogP) is 2.84. The van der Waals surface area contributed by atoms with Crippen LogP contribution in [0.5, 0.6) is 0 Å². The van der Waals surface area contributed by atoms with Crippen molar-refractivity contribution in [3.05, 3.63) is 58.0 Å². The lowest BCUT2D eigenvalue weighted by molar-refractivity contribution is -0.118. The van der Waals surface area contributed by atoms with Crippen molar-refractivity contribution < 1.29 is 4.79 Å². The number of aromatic nitrogens is 4. The van der Waals surface area contributed by atoms with E-state index in [9.17, 15) is 4.79 Å². The van der Waals surface area contributed by atoms with Gasteiger partial charge in [0.25, 0.3) is 0 Å². The lowest BCUT2D eigenvalue weighted by atomic mass is 10.3. The lowest BCUT2D eigenvalue weighted by Gasteiger charge is -2.05. The van der Waals surface area contributed by atoms with Crippen LogP contribution in [0.15, 0.2) is 42.5 Å². The number of nitrogens with one attached hydrogen (secondary N) is 1. The van der Waals surface area contributed by atoms with Gasteiger partial charge in [0.15, 0.2) is 5.82 Å². The van der Waals surface area contributed by atoms with Gasteiger partial charge in [-0.2, -0.15) is 4.68 Å². The molecule has 0 atom stereocenters. The molecule has 2 heterocycles. The monoisotopic (exact) mass is 373 g/mol. The molecule has 0 unspecified atom stereocenters. The van der Waals surface area contributed by atoms with Gasteiger partial charge in [0.1, 0.15) is 0 Å². The number of carbonyl (C=O) groups is 1. The van der Waals surface area contributed by atoms with Gasteiger partial charge in [-0.05, 0) is 41.1 Å². The van der Waals surface area contributed by atoms with Crippen LogP contribution in [0.2, 0.25) is 0 Å². The molecule has 130 valence electrons. The van der Waals surface area contributed by atoms with Gasteiger partial charge < -0.3 is 5.32 Å². The van der Waals surface area contributed by atoms with Crippen molar-refractivity contribution in [2.45, 2.75) is 25.6 Å². The quantitative estimate of drug-likeness (QED) is 0.657. The van der Waals surface area contributed by atoms with Crippen molar-refractivity contribution in [1.29, 1.82) is 0 Å². The Morgan fingerprint density at radius 1 is 1.20 bits per heavy atom. The van der Waals surface area contributed by atoms with Crippen molar-refractivity contribution >= 4 is 29.0 Å². The Balaban J connectivity index is 1.45. The van der Waals surface area contributed by atoms with E-state index in [0.29, 0.717) is 18.1 Å². The minimum absolute atomic E-state index is 0.0233. The van der Waals surface area contributed by atoms with Crippen LogP contribution in [-0.4, -0.2) is 31.9 Å². The number of benzene rings is 1. The topological polar surface area (TPSA) is 72.7 Å². The third-order valence-electron chi connectivity index (χ3n) is 3.52. The van der Waals surface area contributed by atoms with E-state index in [1.165, 1.54) is 21.5 Å². The molecule has 0 spiro atoms. The van der Waals surface area contributed by atoms with Crippen LogP contribution in [0, 0.1) is 0 Å². The molecule has 0 aliphatic heterocycles. The second-order valence-electron chi connectivity index (χ2n) is 5.33. The number of aryl methyl sites for hydroxylation is 1. The highest BCUT2D eigenvalue weighted by atomic mass is 32.2. The fraction of sp³-hybridized carbons (Fsp3) is 0.294. The number of amides is 1. The Bertz CT molecular complexity index is 815. The first-order valence-corrected chi connectivity index (χ1v) is 9.98. The molecule has 6 nitrogen and oxygen atoms in total. The molecule has 3 rings (SSSR count). The van der Waals surface area contributed by atoms with E-state index in [0.717, 1.165) is 17.9 Å². The number of tetrazole rings is 1. The molecule has 1 amide bonds. The number of nitrogens with zero attached hydrogens (tertiary/aromatic N) is 4. The summed E-state index contributed by atoms with van der Waals surface area (Å²) in [6.07, 6.45) is 1.03. The van der Waals surface area contributed by atoms with Crippen molar-refractivity contribution in [3.63, 3.8) is 0 Å². The van der Waals surface area contributed by atoms with Crippen molar-refractivity contribution in [3.8, 4) is 5.69 Å². The molecule has 2 aromatic heterocycles. The summed E-state index contributed by atoms with van der Waals surface area (Å²) in [4.78, 5) is 14.5. The predicted molar refractivity (Wildman–Crippen MR) is 101 cm³/mol. The number of hydrogen-bond donors (Lipinski definition) is 1. The maximum atomic E-state index is 12.0. The average Bonchev–Trinajstić information content (AvgIpc) is 3.30. The molecule has 0 saturated carbocycles. The zero-order valence-electron chi connectivity index (χ0n) is 13.9. The van der Waals surface area contributed by atoms with Gasteiger partial charge in [0.2, 0.25) is 5.91 Å². The second-order valence-corrected chi connectivity index (χ2v) is 7.57. The highest BCUT2D eigenvalue weighted by Gasteiger charge is 2.10. The second kappa shape index (κ2) is 8.77. The number of thioether (sulfide) groups is 1. The van der Waals surface area contributed by atoms with E-state index in [1.807, 2.05) is 30.3 Å². The fourth-order valence-corrected chi connectivity index (χ4v) is 3.89. The summed E-state index contributed by atoms with van der Waals surface area (Å²) in [5, 5.41) is 14.7. The Labute approximate surface area is 154 Å². The maximum absolute atomic E-state index is 12.0. The largest absolute Gasteiger partial charge is 0.350 e. The van der Waals surface area contributed by atoms with E-state index < -0.39 is 0 Å². The molecule has 8 heteroatoms. The molecular formula is C17H19N5OS2. The summed E-state index contributed by atoms with van der Waals surface area (Å²) < 4.78 is 1.70. The van der Waals surface area contributed by atoms with Crippen LogP contribution in [0.1, 0.15) is 22.5 Å². The normalized spacial score (nSPS) is 10.8. The minimum Gasteiger partial charge on any atom is -0.350 e. The molecule has 0 saturated heterocycles. The fourth-order valence-electron chi connectivity index (χ4n) is 2.24. The van der Waals surface area contributed by atoms with Crippen LogP contribution in [-0.2, 0) is 23.5 Å². The first kappa shape index (κ1) is 17.6. The first-order valence-electron chi connectivity index (χ1n) is 8.01. The third kappa shape index (κ3) is 4.90. The summed E-state index contributed by atoms with van der Waals surface area (Å²) in [6, 6.07) is 13.9. The molecule has 25 heavy (non-hydrogen) atoms. The Kier molecular flexibility index (Phi) is 6.19. The van der Waals surface area contributed by atoms with Crippen molar-refractivity contribution in [2.75, 3.05) is 5.75 Å². The molecule has 1 aromatic carbocycles. The molecule has 3 aromatic rings. The van der Waals surface area contributed by atoms with Crippen molar-refractivity contribution in [2.24, 2.45) is 0 Å². The lowest BCUT2D eigenvalue weighted by Crippen LogP contribution is -2.24. The van der Waals surface area contributed by atoms with Crippen LogP contribution < -0.4 is 5.32 Å². The molecule has 0 aliphatic carbocycles. The van der Waals surface area contributed by atoms with E-state index in [1.54, 1.807) is 16.0 Å². The van der Waals surface area contributed by atoms with Crippen LogP contribution in [0.4, 0.5) is 0 Å². The van der Waals surface area contributed by atoms with Gasteiger partial charge in [-0.3, -0.25) is 4.79 Å². The zero-order chi connectivity index (χ0) is 17.5. The first-order chi connectivity index (χ1) is 12.3. The molecule has 0 radical (unpaired) electrons.